The first kappa shape index (κ1) is 19.8. The van der Waals surface area contributed by atoms with Gasteiger partial charge in [-0.05, 0) is 43.7 Å². The van der Waals surface area contributed by atoms with Crippen LogP contribution >= 0.6 is 0 Å². The summed E-state index contributed by atoms with van der Waals surface area (Å²) in [6.45, 7) is 2.66. The number of hydrogen-bond acceptors (Lipinski definition) is 5. The summed E-state index contributed by atoms with van der Waals surface area (Å²) < 4.78 is 1.49. The van der Waals surface area contributed by atoms with Crippen LogP contribution in [0.1, 0.15) is 30.3 Å². The van der Waals surface area contributed by atoms with E-state index in [9.17, 15) is 4.79 Å². The fourth-order valence-corrected chi connectivity index (χ4v) is 4.83. The number of aromatic amines is 1. The van der Waals surface area contributed by atoms with Crippen molar-refractivity contribution in [3.8, 4) is 5.69 Å². The van der Waals surface area contributed by atoms with Gasteiger partial charge in [-0.1, -0.05) is 36.4 Å². The lowest BCUT2D eigenvalue weighted by molar-refractivity contribution is 0.194. The number of fused-ring (bicyclic) bond motifs is 2. The van der Waals surface area contributed by atoms with Gasteiger partial charge in [0.2, 0.25) is 0 Å². The summed E-state index contributed by atoms with van der Waals surface area (Å²) in [6.07, 6.45) is 5.61. The number of nitrogens with zero attached hydrogens (tertiary/aromatic N) is 5. The zero-order chi connectivity index (χ0) is 22.2. The van der Waals surface area contributed by atoms with Crippen molar-refractivity contribution in [1.82, 2.24) is 29.6 Å². The molecular formula is C26H24N6O. The molecule has 0 spiro atoms. The van der Waals surface area contributed by atoms with Crippen molar-refractivity contribution >= 4 is 21.7 Å². The zero-order valence-corrected chi connectivity index (χ0v) is 18.2. The second-order valence-electron chi connectivity index (χ2n) is 8.67. The van der Waals surface area contributed by atoms with E-state index in [2.05, 4.69) is 39.1 Å². The molecule has 1 atom stereocenters. The molecule has 1 aliphatic heterocycles. The molecule has 7 heteroatoms. The van der Waals surface area contributed by atoms with Crippen molar-refractivity contribution in [3.63, 3.8) is 0 Å². The van der Waals surface area contributed by atoms with E-state index in [1.807, 2.05) is 36.4 Å². The first-order chi connectivity index (χ1) is 16.2. The largest absolute Gasteiger partial charge is 0.348 e. The second kappa shape index (κ2) is 8.26. The van der Waals surface area contributed by atoms with E-state index in [4.69, 9.17) is 10.1 Å². The summed E-state index contributed by atoms with van der Waals surface area (Å²) in [6, 6.07) is 20.2. The van der Waals surface area contributed by atoms with E-state index >= 15 is 0 Å². The molecule has 33 heavy (non-hydrogen) atoms. The Morgan fingerprint density at radius 3 is 2.88 bits per heavy atom. The third-order valence-corrected chi connectivity index (χ3v) is 6.45. The molecule has 0 amide bonds. The molecule has 1 fully saturated rings. The van der Waals surface area contributed by atoms with Gasteiger partial charge in [0.25, 0.3) is 0 Å². The highest BCUT2D eigenvalue weighted by atomic mass is 16.1. The second-order valence-corrected chi connectivity index (χ2v) is 8.67. The number of nitrogens with one attached hydrogen (secondary N) is 1. The number of para-hydroxylation sites is 1. The van der Waals surface area contributed by atoms with Crippen LogP contribution in [0.15, 0.2) is 77.9 Å². The van der Waals surface area contributed by atoms with E-state index in [0.29, 0.717) is 0 Å². The van der Waals surface area contributed by atoms with Crippen LogP contribution in [-0.2, 0) is 6.54 Å². The normalized spacial score (nSPS) is 17.0. The zero-order valence-electron chi connectivity index (χ0n) is 18.2. The first-order valence-corrected chi connectivity index (χ1v) is 11.3. The molecule has 164 valence electrons. The van der Waals surface area contributed by atoms with Crippen LogP contribution in [0.25, 0.3) is 27.4 Å². The van der Waals surface area contributed by atoms with Crippen LogP contribution < -0.4 is 5.69 Å². The van der Waals surface area contributed by atoms with Crippen molar-refractivity contribution in [2.45, 2.75) is 25.3 Å². The van der Waals surface area contributed by atoms with Crippen molar-refractivity contribution in [3.05, 3.63) is 95.1 Å². The quantitative estimate of drug-likeness (QED) is 0.460. The summed E-state index contributed by atoms with van der Waals surface area (Å²) in [5.74, 6) is 0.937. The van der Waals surface area contributed by atoms with E-state index in [0.717, 1.165) is 71.4 Å². The van der Waals surface area contributed by atoms with Gasteiger partial charge in [0.05, 0.1) is 16.9 Å². The molecule has 6 rings (SSSR count). The maximum Gasteiger partial charge on any atom is 0.348 e. The van der Waals surface area contributed by atoms with E-state index in [1.54, 1.807) is 12.4 Å². The van der Waals surface area contributed by atoms with Gasteiger partial charge in [0, 0.05) is 47.6 Å². The fourth-order valence-electron chi connectivity index (χ4n) is 4.83. The van der Waals surface area contributed by atoms with Gasteiger partial charge in [0.1, 0.15) is 5.82 Å². The molecular weight excluding hydrogens is 412 g/mol. The highest BCUT2D eigenvalue weighted by Crippen LogP contribution is 2.26. The average molecular weight is 437 g/mol. The Balaban J connectivity index is 1.25. The van der Waals surface area contributed by atoms with E-state index in [-0.39, 0.29) is 11.6 Å². The standard InChI is InChI=1S/C26H24N6O/c33-26-29-25(30-32(26)24-9-3-6-19-15-27-13-12-22(19)24)20-7-4-14-31(16-20)17-21-11-10-18-5-1-2-8-23(18)28-21/h1-3,5-6,8-13,15,20H,4,7,14,16-17H2,(H,29,30,33). The highest BCUT2D eigenvalue weighted by molar-refractivity contribution is 5.89. The lowest BCUT2D eigenvalue weighted by Gasteiger charge is -2.31. The molecule has 3 aromatic heterocycles. The Morgan fingerprint density at radius 1 is 1.00 bits per heavy atom. The summed E-state index contributed by atoms with van der Waals surface area (Å²) in [4.78, 5) is 27.3. The number of hydrogen-bond donors (Lipinski definition) is 1. The van der Waals surface area contributed by atoms with Crippen LogP contribution in [0.5, 0.6) is 0 Å². The Kier molecular flexibility index (Phi) is 4.96. The number of likely N-dealkylation sites (tertiary alicyclic amines) is 1. The first-order valence-electron chi connectivity index (χ1n) is 11.3. The van der Waals surface area contributed by atoms with Crippen molar-refractivity contribution < 1.29 is 0 Å². The van der Waals surface area contributed by atoms with Gasteiger partial charge in [-0.2, -0.15) is 4.68 Å². The minimum Gasteiger partial charge on any atom is -0.297 e. The lowest BCUT2D eigenvalue weighted by Crippen LogP contribution is -2.34. The van der Waals surface area contributed by atoms with Crippen molar-refractivity contribution in [2.24, 2.45) is 0 Å². The minimum absolute atomic E-state index is 0.185. The number of H-pyrrole nitrogens is 1. The van der Waals surface area contributed by atoms with Crippen molar-refractivity contribution in [1.29, 1.82) is 0 Å². The van der Waals surface area contributed by atoms with Crippen molar-refractivity contribution in [2.75, 3.05) is 13.1 Å². The van der Waals surface area contributed by atoms with Gasteiger partial charge < -0.3 is 0 Å². The fraction of sp³-hybridized carbons (Fsp3) is 0.231. The van der Waals surface area contributed by atoms with Gasteiger partial charge in [0.15, 0.2) is 0 Å². The molecule has 1 saturated heterocycles. The van der Waals surface area contributed by atoms with Crippen LogP contribution in [0.2, 0.25) is 0 Å². The Labute approximate surface area is 190 Å². The summed E-state index contributed by atoms with van der Waals surface area (Å²) in [7, 11) is 0. The van der Waals surface area contributed by atoms with E-state index < -0.39 is 0 Å². The SMILES string of the molecule is O=c1[nH]c(C2CCCN(Cc3ccc4ccccc4n3)C2)nn1-c1cccc2cnccc12. The van der Waals surface area contributed by atoms with Crippen LogP contribution in [0.4, 0.5) is 0 Å². The lowest BCUT2D eigenvalue weighted by atomic mass is 9.97. The monoisotopic (exact) mass is 436 g/mol. The van der Waals surface area contributed by atoms with Gasteiger partial charge in [-0.25, -0.2) is 4.79 Å². The van der Waals surface area contributed by atoms with Gasteiger partial charge in [-0.15, -0.1) is 5.10 Å². The van der Waals surface area contributed by atoms with Crippen LogP contribution in [-0.4, -0.2) is 42.7 Å². The topological polar surface area (TPSA) is 79.7 Å². The molecule has 2 aromatic carbocycles. The highest BCUT2D eigenvalue weighted by Gasteiger charge is 2.25. The third-order valence-electron chi connectivity index (χ3n) is 6.45. The molecule has 5 aromatic rings. The Bertz CT molecular complexity index is 1500. The number of piperidine rings is 1. The maximum absolute atomic E-state index is 12.8. The molecule has 1 aliphatic rings. The summed E-state index contributed by atoms with van der Waals surface area (Å²) in [5.41, 5.74) is 2.66. The molecule has 0 aliphatic carbocycles. The maximum atomic E-state index is 12.8. The van der Waals surface area contributed by atoms with Crippen LogP contribution in [0, 0.1) is 0 Å². The number of aromatic nitrogens is 5. The molecule has 1 unspecified atom stereocenters. The average Bonchev–Trinajstić information content (AvgIpc) is 3.25. The predicted octanol–water partition coefficient (Wildman–Crippen LogP) is 4.04. The Morgan fingerprint density at radius 2 is 1.91 bits per heavy atom. The van der Waals surface area contributed by atoms with Crippen LogP contribution in [0.3, 0.4) is 0 Å². The minimum atomic E-state index is -0.206. The predicted molar refractivity (Wildman–Crippen MR) is 128 cm³/mol. The number of rotatable bonds is 4. The number of benzene rings is 2. The molecule has 0 bridgehead atoms. The molecule has 7 nitrogen and oxygen atoms in total. The Hall–Kier alpha value is -3.84. The smallest absolute Gasteiger partial charge is 0.297 e. The summed E-state index contributed by atoms with van der Waals surface area (Å²) >= 11 is 0. The van der Waals surface area contributed by atoms with E-state index in [1.165, 1.54) is 4.68 Å². The summed E-state index contributed by atoms with van der Waals surface area (Å²) in [5, 5.41) is 7.82. The number of pyridine rings is 2. The van der Waals surface area contributed by atoms with Gasteiger partial charge in [-0.3, -0.25) is 19.9 Å². The molecule has 0 saturated carbocycles. The third kappa shape index (κ3) is 3.81. The molecule has 1 N–H and O–H groups in total. The molecule has 4 heterocycles. The van der Waals surface area contributed by atoms with Gasteiger partial charge >= 0.3 is 5.69 Å². The molecule has 0 radical (unpaired) electrons.